The van der Waals surface area contributed by atoms with Crippen molar-refractivity contribution in [3.63, 3.8) is 0 Å². The van der Waals surface area contributed by atoms with Crippen molar-refractivity contribution in [3.8, 4) is 0 Å². The molecule has 0 aromatic heterocycles. The first-order valence-electron chi connectivity index (χ1n) is 7.02. The van der Waals surface area contributed by atoms with Gasteiger partial charge in [-0.05, 0) is 37.5 Å². The molecule has 0 radical (unpaired) electrons. The Balaban J connectivity index is 1.87. The second kappa shape index (κ2) is 5.29. The van der Waals surface area contributed by atoms with Crippen LogP contribution in [0.1, 0.15) is 39.5 Å². The zero-order valence-corrected chi connectivity index (χ0v) is 11.3. The summed E-state index contributed by atoms with van der Waals surface area (Å²) in [7, 11) is 0. The number of nitrogens with zero attached hydrogens (tertiary/aromatic N) is 1. The van der Waals surface area contributed by atoms with Gasteiger partial charge in [0.1, 0.15) is 0 Å². The van der Waals surface area contributed by atoms with E-state index in [1.807, 2.05) is 4.90 Å². The lowest BCUT2D eigenvalue weighted by Crippen LogP contribution is -2.34. The molecule has 4 nitrogen and oxygen atoms in total. The highest BCUT2D eigenvalue weighted by Crippen LogP contribution is 2.40. The first-order valence-corrected chi connectivity index (χ1v) is 7.02. The second-order valence-electron chi connectivity index (χ2n) is 6.05. The smallest absolute Gasteiger partial charge is 0.307 e. The Hall–Kier alpha value is -1.06. The monoisotopic (exact) mass is 253 g/mol. The van der Waals surface area contributed by atoms with Gasteiger partial charge in [0.2, 0.25) is 5.91 Å². The lowest BCUT2D eigenvalue weighted by Gasteiger charge is -2.21. The zero-order chi connectivity index (χ0) is 13.3. The number of likely N-dealkylation sites (tertiary alicyclic amines) is 1. The van der Waals surface area contributed by atoms with Crippen LogP contribution in [0.2, 0.25) is 0 Å². The van der Waals surface area contributed by atoms with E-state index < -0.39 is 11.9 Å². The summed E-state index contributed by atoms with van der Waals surface area (Å²) in [6.45, 7) is 6.10. The van der Waals surface area contributed by atoms with Crippen LogP contribution in [0.25, 0.3) is 0 Å². The number of aliphatic carboxylic acids is 1. The van der Waals surface area contributed by atoms with Crippen LogP contribution in [0.3, 0.4) is 0 Å². The topological polar surface area (TPSA) is 57.6 Å². The number of carbonyl (C=O) groups is 2. The molecule has 3 unspecified atom stereocenters. The maximum absolute atomic E-state index is 12.2. The van der Waals surface area contributed by atoms with E-state index in [1.165, 1.54) is 6.42 Å². The van der Waals surface area contributed by atoms with Gasteiger partial charge in [-0.2, -0.15) is 0 Å². The number of amides is 1. The molecule has 0 bridgehead atoms. The Bertz CT molecular complexity index is 340. The summed E-state index contributed by atoms with van der Waals surface area (Å²) in [4.78, 5) is 24.9. The molecule has 2 aliphatic rings. The maximum Gasteiger partial charge on any atom is 0.307 e. The predicted molar refractivity (Wildman–Crippen MR) is 68.0 cm³/mol. The average Bonchev–Trinajstić information content (AvgIpc) is 3.11. The molecule has 3 atom stereocenters. The number of carboxylic acid groups (broad SMARTS) is 1. The van der Waals surface area contributed by atoms with Crippen LogP contribution < -0.4 is 0 Å². The van der Waals surface area contributed by atoms with Crippen LogP contribution in [-0.2, 0) is 9.59 Å². The van der Waals surface area contributed by atoms with Gasteiger partial charge >= 0.3 is 5.97 Å². The van der Waals surface area contributed by atoms with Crippen LogP contribution in [0.15, 0.2) is 0 Å². The zero-order valence-electron chi connectivity index (χ0n) is 11.3. The molecule has 0 aromatic rings. The Kier molecular flexibility index (Phi) is 3.93. The van der Waals surface area contributed by atoms with Gasteiger partial charge in [-0.25, -0.2) is 0 Å². The molecule has 2 fully saturated rings. The fourth-order valence-corrected chi connectivity index (χ4v) is 2.98. The molecule has 1 saturated heterocycles. The summed E-state index contributed by atoms with van der Waals surface area (Å²) < 4.78 is 0. The fourth-order valence-electron chi connectivity index (χ4n) is 2.98. The standard InChI is InChI=1S/C14H23NO3/c1-9(2)10-4-3-6-15(7-5-10)13(16)11-8-12(11)14(17)18/h9-12H,3-8H2,1-2H3,(H,17,18). The molecular formula is C14H23NO3. The molecular weight excluding hydrogens is 230 g/mol. The third-order valence-electron chi connectivity index (χ3n) is 4.45. The minimum absolute atomic E-state index is 0.0757. The molecule has 1 aliphatic heterocycles. The highest BCUT2D eigenvalue weighted by atomic mass is 16.4. The van der Waals surface area contributed by atoms with Crippen molar-refractivity contribution in [2.24, 2.45) is 23.7 Å². The first kappa shape index (κ1) is 13.4. The van der Waals surface area contributed by atoms with Crippen LogP contribution >= 0.6 is 0 Å². The van der Waals surface area contributed by atoms with Crippen LogP contribution in [0.5, 0.6) is 0 Å². The molecule has 0 aromatic carbocycles. The van der Waals surface area contributed by atoms with Gasteiger partial charge in [0.05, 0.1) is 11.8 Å². The van der Waals surface area contributed by atoms with E-state index in [9.17, 15) is 9.59 Å². The van der Waals surface area contributed by atoms with E-state index in [0.29, 0.717) is 18.3 Å². The highest BCUT2D eigenvalue weighted by Gasteiger charge is 2.49. The molecule has 4 heteroatoms. The van der Waals surface area contributed by atoms with E-state index >= 15 is 0 Å². The largest absolute Gasteiger partial charge is 0.481 e. The summed E-state index contributed by atoms with van der Waals surface area (Å²) in [6, 6.07) is 0. The van der Waals surface area contributed by atoms with Crippen molar-refractivity contribution in [2.45, 2.75) is 39.5 Å². The van der Waals surface area contributed by atoms with Gasteiger partial charge < -0.3 is 10.0 Å². The second-order valence-corrected chi connectivity index (χ2v) is 6.05. The van der Waals surface area contributed by atoms with Crippen molar-refractivity contribution in [2.75, 3.05) is 13.1 Å². The van der Waals surface area contributed by atoms with Crippen molar-refractivity contribution in [1.82, 2.24) is 4.90 Å². The minimum Gasteiger partial charge on any atom is -0.481 e. The minimum atomic E-state index is -0.816. The first-order chi connectivity index (χ1) is 8.50. The van der Waals surface area contributed by atoms with Crippen LogP contribution in [0.4, 0.5) is 0 Å². The highest BCUT2D eigenvalue weighted by molar-refractivity contribution is 5.89. The lowest BCUT2D eigenvalue weighted by atomic mass is 9.89. The van der Waals surface area contributed by atoms with Crippen molar-refractivity contribution in [3.05, 3.63) is 0 Å². The lowest BCUT2D eigenvalue weighted by molar-refractivity contribution is -0.142. The number of hydrogen-bond acceptors (Lipinski definition) is 2. The summed E-state index contributed by atoms with van der Waals surface area (Å²) in [5, 5.41) is 8.87. The quantitative estimate of drug-likeness (QED) is 0.837. The Labute approximate surface area is 108 Å². The summed E-state index contributed by atoms with van der Waals surface area (Å²) in [6.07, 6.45) is 3.85. The van der Waals surface area contributed by atoms with Crippen LogP contribution in [0, 0.1) is 23.7 Å². The van der Waals surface area contributed by atoms with E-state index in [1.54, 1.807) is 0 Å². The summed E-state index contributed by atoms with van der Waals surface area (Å²) >= 11 is 0. The molecule has 1 amide bonds. The van der Waals surface area contributed by atoms with Gasteiger partial charge in [0.15, 0.2) is 0 Å². The third kappa shape index (κ3) is 2.85. The molecule has 1 heterocycles. The van der Waals surface area contributed by atoms with E-state index in [2.05, 4.69) is 13.8 Å². The van der Waals surface area contributed by atoms with Gasteiger partial charge in [0.25, 0.3) is 0 Å². The van der Waals surface area contributed by atoms with E-state index in [-0.39, 0.29) is 11.8 Å². The van der Waals surface area contributed by atoms with Gasteiger partial charge in [-0.15, -0.1) is 0 Å². The SMILES string of the molecule is CC(C)C1CCCN(C(=O)C2CC2C(=O)O)CC1. The average molecular weight is 253 g/mol. The van der Waals surface area contributed by atoms with Crippen molar-refractivity contribution in [1.29, 1.82) is 0 Å². The molecule has 2 rings (SSSR count). The normalized spacial score (nSPS) is 32.2. The van der Waals surface area contributed by atoms with E-state index in [4.69, 9.17) is 5.11 Å². The fraction of sp³-hybridized carbons (Fsp3) is 0.857. The Morgan fingerprint density at radius 3 is 2.44 bits per heavy atom. The van der Waals surface area contributed by atoms with Crippen molar-refractivity contribution < 1.29 is 14.7 Å². The Morgan fingerprint density at radius 1 is 1.17 bits per heavy atom. The van der Waals surface area contributed by atoms with Gasteiger partial charge in [0, 0.05) is 13.1 Å². The number of hydrogen-bond donors (Lipinski definition) is 1. The van der Waals surface area contributed by atoms with Gasteiger partial charge in [-0.3, -0.25) is 9.59 Å². The molecule has 1 saturated carbocycles. The van der Waals surface area contributed by atoms with Gasteiger partial charge in [-0.1, -0.05) is 13.8 Å². The predicted octanol–water partition coefficient (Wildman–Crippen LogP) is 1.99. The number of rotatable bonds is 3. The number of carbonyl (C=O) groups excluding carboxylic acids is 1. The molecule has 1 aliphatic carbocycles. The molecule has 1 N–H and O–H groups in total. The summed E-state index contributed by atoms with van der Waals surface area (Å²) in [5.74, 6) is -0.0141. The molecule has 18 heavy (non-hydrogen) atoms. The third-order valence-corrected chi connectivity index (χ3v) is 4.45. The summed E-state index contributed by atoms with van der Waals surface area (Å²) in [5.41, 5.74) is 0. The van der Waals surface area contributed by atoms with Crippen LogP contribution in [-0.4, -0.2) is 35.0 Å². The molecule has 0 spiro atoms. The van der Waals surface area contributed by atoms with E-state index in [0.717, 1.165) is 25.9 Å². The maximum atomic E-state index is 12.2. The number of carboxylic acids is 1. The van der Waals surface area contributed by atoms with Crippen molar-refractivity contribution >= 4 is 11.9 Å². The Morgan fingerprint density at radius 2 is 1.89 bits per heavy atom. The molecule has 102 valence electrons.